The lowest BCUT2D eigenvalue weighted by Gasteiger charge is -2.14. The average Bonchev–Trinajstić information content (AvgIpc) is 2.54. The Morgan fingerprint density at radius 1 is 1.04 bits per heavy atom. The van der Waals surface area contributed by atoms with Gasteiger partial charge in [-0.15, -0.1) is 0 Å². The van der Waals surface area contributed by atoms with E-state index in [0.29, 0.717) is 22.9 Å². The first-order valence-corrected chi connectivity index (χ1v) is 7.45. The first kappa shape index (κ1) is 16.1. The van der Waals surface area contributed by atoms with Crippen molar-refractivity contribution >= 4 is 17.2 Å². The molecule has 3 nitrogen and oxygen atoms in total. The van der Waals surface area contributed by atoms with Gasteiger partial charge in [-0.05, 0) is 29.7 Å². The predicted octanol–water partition coefficient (Wildman–Crippen LogP) is 4.04. The van der Waals surface area contributed by atoms with Crippen molar-refractivity contribution in [3.63, 3.8) is 0 Å². The Balaban J connectivity index is 2.05. The van der Waals surface area contributed by atoms with Crippen molar-refractivity contribution in [2.75, 3.05) is 0 Å². The van der Waals surface area contributed by atoms with Gasteiger partial charge in [-0.1, -0.05) is 30.3 Å². The van der Waals surface area contributed by atoms with Crippen LogP contribution in [0.4, 0.5) is 8.78 Å². The van der Waals surface area contributed by atoms with E-state index in [1.165, 1.54) is 0 Å². The monoisotopic (exact) mass is 327 g/mol. The number of pyridine rings is 1. The Kier molecular flexibility index (Phi) is 4.01. The van der Waals surface area contributed by atoms with Crippen molar-refractivity contribution in [1.82, 2.24) is 4.98 Å². The number of H-pyrrole nitrogens is 1. The van der Waals surface area contributed by atoms with E-state index < -0.39 is 11.5 Å². The number of fused-ring (bicyclic) bond motifs is 1. The zero-order valence-corrected chi connectivity index (χ0v) is 13.0. The number of halogens is 2. The molecule has 1 heterocycles. The molecule has 3 aromatic rings. The van der Waals surface area contributed by atoms with Gasteiger partial charge in [-0.25, -0.2) is 8.78 Å². The molecule has 122 valence electrons. The van der Waals surface area contributed by atoms with Crippen molar-refractivity contribution in [3.05, 3.63) is 81.1 Å². The van der Waals surface area contributed by atoms with Crippen LogP contribution in [0.3, 0.4) is 0 Å². The van der Waals surface area contributed by atoms with Crippen LogP contribution in [0.2, 0.25) is 0 Å². The summed E-state index contributed by atoms with van der Waals surface area (Å²) in [5, 5.41) is 0.337. The van der Waals surface area contributed by atoms with Gasteiger partial charge in [0, 0.05) is 35.0 Å². The summed E-state index contributed by atoms with van der Waals surface area (Å²) in [5.41, 5.74) is 1.96. The molecule has 0 unspecified atom stereocenters. The van der Waals surface area contributed by atoms with Crippen molar-refractivity contribution in [2.24, 2.45) is 0 Å². The number of aromatic amines is 1. The van der Waals surface area contributed by atoms with Crippen molar-refractivity contribution in [2.45, 2.75) is 19.3 Å². The number of benzene rings is 2. The molecule has 1 aromatic heterocycles. The molecule has 2 aromatic carbocycles. The lowest BCUT2D eigenvalue weighted by Crippen LogP contribution is -2.15. The molecule has 0 aliphatic rings. The molecule has 0 amide bonds. The maximum absolute atomic E-state index is 13.8. The minimum Gasteiger partial charge on any atom is -0.322 e. The number of aldehydes is 1. The maximum atomic E-state index is 13.8. The standard InChI is InChI=1S/C19H15F2NO2/c1-19(20,21)16-10-18(24)22-17-7-6-14(9-15(16)17)8-12-2-4-13(11-23)5-3-12/h2-7,9-11H,8H2,1H3,(H,22,24). The molecule has 1 N–H and O–H groups in total. The molecule has 0 radical (unpaired) electrons. The third-order valence-electron chi connectivity index (χ3n) is 3.90. The fourth-order valence-electron chi connectivity index (χ4n) is 2.72. The van der Waals surface area contributed by atoms with Crippen molar-refractivity contribution in [3.8, 4) is 0 Å². The third kappa shape index (κ3) is 3.25. The zero-order valence-electron chi connectivity index (χ0n) is 13.0. The highest BCUT2D eigenvalue weighted by Crippen LogP contribution is 2.32. The largest absolute Gasteiger partial charge is 0.322 e. The summed E-state index contributed by atoms with van der Waals surface area (Å²) >= 11 is 0. The van der Waals surface area contributed by atoms with Crippen LogP contribution in [-0.4, -0.2) is 11.3 Å². The molecule has 0 spiro atoms. The molecule has 0 aliphatic heterocycles. The second-order valence-corrected chi connectivity index (χ2v) is 5.85. The van der Waals surface area contributed by atoms with Crippen LogP contribution in [0.15, 0.2) is 53.3 Å². The lowest BCUT2D eigenvalue weighted by atomic mass is 9.98. The first-order chi connectivity index (χ1) is 11.4. The molecule has 3 rings (SSSR count). The van der Waals surface area contributed by atoms with E-state index in [9.17, 15) is 18.4 Å². The van der Waals surface area contributed by atoms with Gasteiger partial charge < -0.3 is 4.98 Å². The van der Waals surface area contributed by atoms with Gasteiger partial charge in [0.1, 0.15) is 6.29 Å². The third-order valence-corrected chi connectivity index (χ3v) is 3.90. The summed E-state index contributed by atoms with van der Waals surface area (Å²) in [6, 6.07) is 13.1. The summed E-state index contributed by atoms with van der Waals surface area (Å²) < 4.78 is 27.6. The number of hydrogen-bond donors (Lipinski definition) is 1. The minimum absolute atomic E-state index is 0.278. The van der Waals surface area contributed by atoms with Gasteiger partial charge in [0.25, 0.3) is 5.92 Å². The van der Waals surface area contributed by atoms with E-state index >= 15 is 0 Å². The van der Waals surface area contributed by atoms with Crippen LogP contribution in [0.25, 0.3) is 10.9 Å². The second kappa shape index (κ2) is 6.00. The van der Waals surface area contributed by atoms with Gasteiger partial charge in [0.2, 0.25) is 5.56 Å². The summed E-state index contributed by atoms with van der Waals surface area (Å²) in [6.07, 6.45) is 1.31. The Morgan fingerprint density at radius 2 is 1.71 bits per heavy atom. The second-order valence-electron chi connectivity index (χ2n) is 5.85. The molecule has 0 saturated heterocycles. The van der Waals surface area contributed by atoms with Crippen LogP contribution in [0.5, 0.6) is 0 Å². The number of alkyl halides is 2. The highest BCUT2D eigenvalue weighted by molar-refractivity contribution is 5.83. The molecule has 0 aliphatic carbocycles. The predicted molar refractivity (Wildman–Crippen MR) is 88.8 cm³/mol. The van der Waals surface area contributed by atoms with Crippen LogP contribution < -0.4 is 5.56 Å². The van der Waals surface area contributed by atoms with Crippen molar-refractivity contribution < 1.29 is 13.6 Å². The van der Waals surface area contributed by atoms with E-state index in [1.807, 2.05) is 12.1 Å². The zero-order chi connectivity index (χ0) is 17.3. The summed E-state index contributed by atoms with van der Waals surface area (Å²) in [6.45, 7) is 0.784. The van der Waals surface area contributed by atoms with E-state index in [0.717, 1.165) is 30.4 Å². The quantitative estimate of drug-likeness (QED) is 0.735. The Labute approximate surface area is 137 Å². The van der Waals surface area contributed by atoms with Gasteiger partial charge in [-0.2, -0.15) is 0 Å². The van der Waals surface area contributed by atoms with Crippen LogP contribution in [0, 0.1) is 0 Å². The van der Waals surface area contributed by atoms with Crippen LogP contribution in [0.1, 0.15) is 34.0 Å². The van der Waals surface area contributed by atoms with Crippen LogP contribution in [-0.2, 0) is 12.3 Å². The first-order valence-electron chi connectivity index (χ1n) is 7.45. The van der Waals surface area contributed by atoms with Gasteiger partial charge in [-0.3, -0.25) is 9.59 Å². The maximum Gasteiger partial charge on any atom is 0.271 e. The van der Waals surface area contributed by atoms with Gasteiger partial charge in [0.05, 0.1) is 0 Å². The number of carbonyl (C=O) groups excluding carboxylic acids is 1. The lowest BCUT2D eigenvalue weighted by molar-refractivity contribution is 0.0189. The fourth-order valence-corrected chi connectivity index (χ4v) is 2.72. The van der Waals surface area contributed by atoms with E-state index in [4.69, 9.17) is 0 Å². The molecule has 0 atom stereocenters. The van der Waals surface area contributed by atoms with Crippen molar-refractivity contribution in [1.29, 1.82) is 0 Å². The SMILES string of the molecule is CC(F)(F)c1cc(=O)[nH]c2ccc(Cc3ccc(C=O)cc3)cc12. The van der Waals surface area contributed by atoms with Gasteiger partial charge >= 0.3 is 0 Å². The summed E-state index contributed by atoms with van der Waals surface area (Å²) in [7, 11) is 0. The molecular formula is C19H15F2NO2. The topological polar surface area (TPSA) is 49.9 Å². The normalized spacial score (nSPS) is 11.6. The highest BCUT2D eigenvalue weighted by atomic mass is 19.3. The summed E-state index contributed by atoms with van der Waals surface area (Å²) in [4.78, 5) is 24.8. The highest BCUT2D eigenvalue weighted by Gasteiger charge is 2.27. The Hall–Kier alpha value is -2.82. The number of carbonyl (C=O) groups is 1. The summed E-state index contributed by atoms with van der Waals surface area (Å²) in [5.74, 6) is -3.10. The molecule has 5 heteroatoms. The fraction of sp³-hybridized carbons (Fsp3) is 0.158. The Bertz CT molecular complexity index is 954. The number of rotatable bonds is 4. The minimum atomic E-state index is -3.10. The number of nitrogens with one attached hydrogen (secondary N) is 1. The number of aromatic nitrogens is 1. The number of hydrogen-bond acceptors (Lipinski definition) is 2. The van der Waals surface area contributed by atoms with Crippen LogP contribution >= 0.6 is 0 Å². The average molecular weight is 327 g/mol. The molecule has 0 fully saturated rings. The molecule has 0 saturated carbocycles. The van der Waals surface area contributed by atoms with E-state index in [2.05, 4.69) is 4.98 Å². The molecular weight excluding hydrogens is 312 g/mol. The Morgan fingerprint density at radius 3 is 2.33 bits per heavy atom. The van der Waals surface area contributed by atoms with Gasteiger partial charge in [0.15, 0.2) is 0 Å². The molecule has 24 heavy (non-hydrogen) atoms. The van der Waals surface area contributed by atoms with E-state index in [-0.39, 0.29) is 5.56 Å². The van der Waals surface area contributed by atoms with E-state index in [1.54, 1.807) is 30.3 Å². The molecule has 0 bridgehead atoms. The smallest absolute Gasteiger partial charge is 0.271 e.